The van der Waals surface area contributed by atoms with Crippen LogP contribution in [0.5, 0.6) is 0 Å². The van der Waals surface area contributed by atoms with E-state index in [1.54, 1.807) is 0 Å². The summed E-state index contributed by atoms with van der Waals surface area (Å²) in [5.74, 6) is -0.729. The first-order chi connectivity index (χ1) is 9.85. The molecule has 0 spiro atoms. The number of carbonyl (C=O) groups excluding carboxylic acids is 1. The van der Waals surface area contributed by atoms with E-state index in [2.05, 4.69) is 18.7 Å². The molecule has 1 amide bonds. The summed E-state index contributed by atoms with van der Waals surface area (Å²) in [6.45, 7) is 5.72. The zero-order chi connectivity index (χ0) is 15.7. The summed E-state index contributed by atoms with van der Waals surface area (Å²) in [5, 5.41) is 9.40. The van der Waals surface area contributed by atoms with Gasteiger partial charge in [0.1, 0.15) is 0 Å². The summed E-state index contributed by atoms with van der Waals surface area (Å²) in [7, 11) is 4.08. The zero-order valence-electron chi connectivity index (χ0n) is 13.6. The van der Waals surface area contributed by atoms with E-state index in [4.69, 9.17) is 0 Å². The molecule has 1 saturated heterocycles. The van der Waals surface area contributed by atoms with Crippen molar-refractivity contribution in [3.8, 4) is 0 Å². The normalized spacial score (nSPS) is 36.4. The number of aliphatic carboxylic acids is 1. The molecule has 2 rings (SSSR count). The fourth-order valence-corrected chi connectivity index (χ4v) is 4.06. The molecule has 5 heteroatoms. The Morgan fingerprint density at radius 2 is 1.81 bits per heavy atom. The molecule has 1 aliphatic carbocycles. The lowest BCUT2D eigenvalue weighted by Gasteiger charge is -2.24. The summed E-state index contributed by atoms with van der Waals surface area (Å²) < 4.78 is 0. The standard InChI is InChI=1S/C16H28N2O3/c1-5-11-6-12(13(7-11)16(20)21)15(19)18-8-10(2)14(9-18)17(3)4/h10-14H,5-9H2,1-4H3,(H,20,21)/t10?,11?,12-,13+,14?/m0/s1. The average molecular weight is 296 g/mol. The molecule has 0 bridgehead atoms. The maximum Gasteiger partial charge on any atom is 0.307 e. The number of rotatable bonds is 4. The van der Waals surface area contributed by atoms with Crippen LogP contribution < -0.4 is 0 Å². The van der Waals surface area contributed by atoms with Crippen molar-refractivity contribution in [2.45, 2.75) is 39.2 Å². The van der Waals surface area contributed by atoms with Gasteiger partial charge in [-0.3, -0.25) is 9.59 Å². The van der Waals surface area contributed by atoms with Gasteiger partial charge in [-0.2, -0.15) is 0 Å². The number of amides is 1. The van der Waals surface area contributed by atoms with Gasteiger partial charge in [-0.1, -0.05) is 20.3 Å². The van der Waals surface area contributed by atoms with Crippen LogP contribution in [0.25, 0.3) is 0 Å². The van der Waals surface area contributed by atoms with Gasteiger partial charge in [0.15, 0.2) is 0 Å². The summed E-state index contributed by atoms with van der Waals surface area (Å²) in [5.41, 5.74) is 0. The van der Waals surface area contributed by atoms with Crippen molar-refractivity contribution in [1.29, 1.82) is 0 Å². The summed E-state index contributed by atoms with van der Waals surface area (Å²) in [6, 6.07) is 0.376. The van der Waals surface area contributed by atoms with Crippen LogP contribution in [-0.4, -0.2) is 60.0 Å². The molecular weight excluding hydrogens is 268 g/mol. The summed E-state index contributed by atoms with van der Waals surface area (Å²) >= 11 is 0. The van der Waals surface area contributed by atoms with Crippen LogP contribution in [0.15, 0.2) is 0 Å². The van der Waals surface area contributed by atoms with Gasteiger partial charge in [0.2, 0.25) is 5.91 Å². The van der Waals surface area contributed by atoms with E-state index in [9.17, 15) is 14.7 Å². The monoisotopic (exact) mass is 296 g/mol. The van der Waals surface area contributed by atoms with Gasteiger partial charge in [0.25, 0.3) is 0 Å². The summed E-state index contributed by atoms with van der Waals surface area (Å²) in [4.78, 5) is 28.3. The van der Waals surface area contributed by atoms with Gasteiger partial charge in [0, 0.05) is 19.1 Å². The Hall–Kier alpha value is -1.10. The van der Waals surface area contributed by atoms with Crippen molar-refractivity contribution < 1.29 is 14.7 Å². The second-order valence-corrected chi connectivity index (χ2v) is 7.05. The fraction of sp³-hybridized carbons (Fsp3) is 0.875. The number of hydrogen-bond donors (Lipinski definition) is 1. The molecule has 2 fully saturated rings. The minimum atomic E-state index is -0.805. The number of likely N-dealkylation sites (N-methyl/N-ethyl adjacent to an activating group) is 1. The van der Waals surface area contributed by atoms with Crippen molar-refractivity contribution in [3.63, 3.8) is 0 Å². The van der Waals surface area contributed by atoms with Crippen molar-refractivity contribution in [3.05, 3.63) is 0 Å². The van der Waals surface area contributed by atoms with E-state index in [1.807, 2.05) is 19.0 Å². The number of carboxylic acids is 1. The van der Waals surface area contributed by atoms with Crippen molar-refractivity contribution in [2.75, 3.05) is 27.2 Å². The molecule has 21 heavy (non-hydrogen) atoms. The highest BCUT2D eigenvalue weighted by molar-refractivity contribution is 5.85. The molecule has 3 unspecified atom stereocenters. The Bertz CT molecular complexity index is 410. The van der Waals surface area contributed by atoms with Crippen LogP contribution in [0, 0.1) is 23.7 Å². The Balaban J connectivity index is 2.07. The highest BCUT2D eigenvalue weighted by Crippen LogP contribution is 2.40. The number of nitrogens with zero attached hydrogens (tertiary/aromatic N) is 2. The Morgan fingerprint density at radius 3 is 2.29 bits per heavy atom. The third-order valence-electron chi connectivity index (χ3n) is 5.42. The first kappa shape index (κ1) is 16.3. The van der Waals surface area contributed by atoms with Crippen LogP contribution in [0.1, 0.15) is 33.1 Å². The Kier molecular flexibility index (Phi) is 4.91. The van der Waals surface area contributed by atoms with E-state index in [-0.39, 0.29) is 11.8 Å². The van der Waals surface area contributed by atoms with Crippen LogP contribution in [-0.2, 0) is 9.59 Å². The van der Waals surface area contributed by atoms with E-state index < -0.39 is 11.9 Å². The molecule has 0 aromatic heterocycles. The quantitative estimate of drug-likeness (QED) is 0.854. The number of carbonyl (C=O) groups is 2. The lowest BCUT2D eigenvalue weighted by molar-refractivity contribution is -0.148. The minimum Gasteiger partial charge on any atom is -0.481 e. The average Bonchev–Trinajstić information content (AvgIpc) is 3.01. The van der Waals surface area contributed by atoms with Crippen LogP contribution in [0.4, 0.5) is 0 Å². The molecule has 1 saturated carbocycles. The number of likely N-dealkylation sites (tertiary alicyclic amines) is 1. The smallest absolute Gasteiger partial charge is 0.307 e. The SMILES string of the molecule is CCC1C[C@H](C(=O)N2CC(C)C(N(C)C)C2)[C@H](C(=O)O)C1. The first-order valence-electron chi connectivity index (χ1n) is 8.03. The summed E-state index contributed by atoms with van der Waals surface area (Å²) in [6.07, 6.45) is 2.36. The highest BCUT2D eigenvalue weighted by Gasteiger charge is 2.45. The second-order valence-electron chi connectivity index (χ2n) is 7.05. The van der Waals surface area contributed by atoms with Crippen LogP contribution in [0.2, 0.25) is 0 Å². The largest absolute Gasteiger partial charge is 0.481 e. The molecule has 0 radical (unpaired) electrons. The van der Waals surface area contributed by atoms with Crippen LogP contribution in [0.3, 0.4) is 0 Å². The predicted molar refractivity (Wildman–Crippen MR) is 80.8 cm³/mol. The molecule has 5 nitrogen and oxygen atoms in total. The van der Waals surface area contributed by atoms with Crippen LogP contribution >= 0.6 is 0 Å². The maximum atomic E-state index is 12.8. The number of hydrogen-bond acceptors (Lipinski definition) is 3. The molecule has 0 aromatic rings. The molecule has 0 aromatic carbocycles. The van der Waals surface area contributed by atoms with Crippen molar-refractivity contribution in [1.82, 2.24) is 9.80 Å². The van der Waals surface area contributed by atoms with Gasteiger partial charge in [-0.15, -0.1) is 0 Å². The second kappa shape index (κ2) is 6.34. The lowest BCUT2D eigenvalue weighted by atomic mass is 9.95. The predicted octanol–water partition coefficient (Wildman–Crippen LogP) is 1.53. The molecule has 1 aliphatic heterocycles. The molecular formula is C16H28N2O3. The molecule has 5 atom stereocenters. The van der Waals surface area contributed by atoms with Gasteiger partial charge < -0.3 is 14.9 Å². The fourth-order valence-electron chi connectivity index (χ4n) is 4.06. The van der Waals surface area contributed by atoms with E-state index in [0.29, 0.717) is 24.3 Å². The molecule has 1 N–H and O–H groups in total. The Morgan fingerprint density at radius 1 is 1.19 bits per heavy atom. The third-order valence-corrected chi connectivity index (χ3v) is 5.42. The Labute approximate surface area is 127 Å². The lowest BCUT2D eigenvalue weighted by Crippen LogP contribution is -2.40. The third kappa shape index (κ3) is 3.23. The highest BCUT2D eigenvalue weighted by atomic mass is 16.4. The number of carboxylic acid groups (broad SMARTS) is 1. The molecule has 120 valence electrons. The maximum absolute atomic E-state index is 12.8. The van der Waals surface area contributed by atoms with E-state index in [0.717, 1.165) is 25.9 Å². The molecule has 1 heterocycles. The van der Waals surface area contributed by atoms with Gasteiger partial charge in [-0.25, -0.2) is 0 Å². The van der Waals surface area contributed by atoms with Gasteiger partial charge in [-0.05, 0) is 38.8 Å². The van der Waals surface area contributed by atoms with E-state index in [1.165, 1.54) is 0 Å². The zero-order valence-corrected chi connectivity index (χ0v) is 13.6. The first-order valence-corrected chi connectivity index (χ1v) is 8.03. The van der Waals surface area contributed by atoms with Crippen molar-refractivity contribution in [2.24, 2.45) is 23.7 Å². The molecule has 2 aliphatic rings. The van der Waals surface area contributed by atoms with Gasteiger partial charge >= 0.3 is 5.97 Å². The minimum absolute atomic E-state index is 0.0644. The van der Waals surface area contributed by atoms with E-state index >= 15 is 0 Å². The topological polar surface area (TPSA) is 60.9 Å². The van der Waals surface area contributed by atoms with Gasteiger partial charge in [0.05, 0.1) is 11.8 Å². The van der Waals surface area contributed by atoms with Crippen molar-refractivity contribution >= 4 is 11.9 Å².